The minimum atomic E-state index is 0.543. The highest BCUT2D eigenvalue weighted by molar-refractivity contribution is 4.96. The summed E-state index contributed by atoms with van der Waals surface area (Å²) in [5, 5.41) is 0. The lowest BCUT2D eigenvalue weighted by Crippen LogP contribution is -2.46. The maximum Gasteiger partial charge on any atom is 0.0666 e. The van der Waals surface area contributed by atoms with E-state index < -0.39 is 0 Å². The number of rotatable bonds is 1. The molecule has 0 amide bonds. The van der Waals surface area contributed by atoms with Gasteiger partial charge in [-0.25, -0.2) is 0 Å². The van der Waals surface area contributed by atoms with Crippen molar-refractivity contribution >= 4 is 0 Å². The van der Waals surface area contributed by atoms with Crippen LogP contribution < -0.4 is 0 Å². The number of hydrogen-bond acceptors (Lipinski definition) is 1. The second kappa shape index (κ2) is 1.84. The van der Waals surface area contributed by atoms with Crippen molar-refractivity contribution in [3.63, 3.8) is 0 Å². The highest BCUT2D eigenvalue weighted by Gasteiger charge is 2.39. The van der Waals surface area contributed by atoms with Gasteiger partial charge in [0.15, 0.2) is 0 Å². The molecule has 1 heteroatoms. The highest BCUT2D eigenvalue weighted by Crippen LogP contribution is 2.38. The third-order valence-electron chi connectivity index (χ3n) is 2.46. The molecule has 1 saturated carbocycles. The van der Waals surface area contributed by atoms with E-state index in [1.165, 1.54) is 19.3 Å². The summed E-state index contributed by atoms with van der Waals surface area (Å²) in [6.45, 7) is 3.78. The minimum Gasteiger partial charge on any atom is -0.374 e. The summed E-state index contributed by atoms with van der Waals surface area (Å²) in [5.41, 5.74) is 0. The van der Waals surface area contributed by atoms with Crippen LogP contribution in [0.3, 0.4) is 0 Å². The molecule has 0 aromatic heterocycles. The summed E-state index contributed by atoms with van der Waals surface area (Å²) >= 11 is 0. The first-order valence-electron chi connectivity index (χ1n) is 3.68. The lowest BCUT2D eigenvalue weighted by atomic mass is 9.80. The van der Waals surface area contributed by atoms with Crippen molar-refractivity contribution in [2.24, 2.45) is 5.92 Å². The van der Waals surface area contributed by atoms with Crippen LogP contribution in [0.25, 0.3) is 0 Å². The smallest absolute Gasteiger partial charge is 0.0666 e. The van der Waals surface area contributed by atoms with E-state index in [1.54, 1.807) is 0 Å². The Kier molecular flexibility index (Phi) is 1.12. The Morgan fingerprint density at radius 3 is 2.56 bits per heavy atom. The molecule has 50 valence electrons. The summed E-state index contributed by atoms with van der Waals surface area (Å²) in [6, 6.07) is 0. The van der Waals surface area contributed by atoms with Gasteiger partial charge in [-0.3, -0.25) is 0 Å². The molecule has 3 unspecified atom stereocenters. The summed E-state index contributed by atoms with van der Waals surface area (Å²) in [7, 11) is 0. The third kappa shape index (κ3) is 0.715. The van der Waals surface area contributed by atoms with Crippen molar-refractivity contribution in [2.45, 2.75) is 31.5 Å². The molecule has 2 heterocycles. The average molecular weight is 124 g/mol. The Labute approximate surface area is 55.7 Å². The van der Waals surface area contributed by atoms with E-state index in [1.807, 2.05) is 6.08 Å². The fourth-order valence-corrected chi connectivity index (χ4v) is 1.79. The second-order valence-electron chi connectivity index (χ2n) is 3.01. The van der Waals surface area contributed by atoms with Crippen molar-refractivity contribution in [3.05, 3.63) is 12.7 Å². The number of hydrogen-bond donors (Lipinski definition) is 0. The van der Waals surface area contributed by atoms with E-state index in [9.17, 15) is 0 Å². The molecular weight excluding hydrogens is 112 g/mol. The summed E-state index contributed by atoms with van der Waals surface area (Å²) in [5.74, 6) is 0.662. The monoisotopic (exact) mass is 124 g/mol. The van der Waals surface area contributed by atoms with E-state index in [-0.39, 0.29) is 0 Å². The van der Waals surface area contributed by atoms with E-state index in [0.29, 0.717) is 18.1 Å². The van der Waals surface area contributed by atoms with Gasteiger partial charge in [0.05, 0.1) is 12.2 Å². The maximum atomic E-state index is 5.51. The van der Waals surface area contributed by atoms with Crippen LogP contribution in [-0.4, -0.2) is 12.2 Å². The normalized spacial score (nSPS) is 47.8. The molecule has 0 spiro atoms. The largest absolute Gasteiger partial charge is 0.374 e. The molecule has 0 N–H and O–H groups in total. The van der Waals surface area contributed by atoms with Crippen LogP contribution in [-0.2, 0) is 4.74 Å². The maximum absolute atomic E-state index is 5.51. The Bertz CT molecular complexity index is 122. The number of ether oxygens (including phenoxy) is 1. The first-order valence-corrected chi connectivity index (χ1v) is 3.68. The third-order valence-corrected chi connectivity index (χ3v) is 2.46. The molecule has 1 nitrogen and oxygen atoms in total. The van der Waals surface area contributed by atoms with Gasteiger partial charge >= 0.3 is 0 Å². The Hall–Kier alpha value is -0.300. The molecule has 3 aliphatic rings. The zero-order valence-electron chi connectivity index (χ0n) is 5.55. The molecule has 3 atom stereocenters. The summed E-state index contributed by atoms with van der Waals surface area (Å²) < 4.78 is 5.51. The van der Waals surface area contributed by atoms with Crippen LogP contribution in [0.2, 0.25) is 0 Å². The van der Waals surface area contributed by atoms with Crippen molar-refractivity contribution in [1.82, 2.24) is 0 Å². The molecule has 3 fully saturated rings. The van der Waals surface area contributed by atoms with Crippen LogP contribution in [0.5, 0.6) is 0 Å². The van der Waals surface area contributed by atoms with E-state index >= 15 is 0 Å². The standard InChI is InChI=1S/C8H12O/c1-2-6-3-4-7-5-8(6)9-7/h2,6-8H,1,3-5H2. The van der Waals surface area contributed by atoms with E-state index in [0.717, 1.165) is 0 Å². The molecule has 0 aromatic rings. The van der Waals surface area contributed by atoms with Crippen molar-refractivity contribution < 1.29 is 4.74 Å². The lowest BCUT2D eigenvalue weighted by Gasteiger charge is -2.45. The molecule has 0 radical (unpaired) electrons. The van der Waals surface area contributed by atoms with Gasteiger partial charge in [0.2, 0.25) is 0 Å². The van der Waals surface area contributed by atoms with Gasteiger partial charge in [-0.1, -0.05) is 6.08 Å². The topological polar surface area (TPSA) is 9.23 Å². The molecular formula is C8H12O. The van der Waals surface area contributed by atoms with Crippen LogP contribution in [0.1, 0.15) is 19.3 Å². The molecule has 2 bridgehead atoms. The Morgan fingerprint density at radius 1 is 1.44 bits per heavy atom. The van der Waals surface area contributed by atoms with Crippen molar-refractivity contribution in [1.29, 1.82) is 0 Å². The van der Waals surface area contributed by atoms with Crippen molar-refractivity contribution in [2.75, 3.05) is 0 Å². The molecule has 2 saturated heterocycles. The second-order valence-corrected chi connectivity index (χ2v) is 3.01. The van der Waals surface area contributed by atoms with Gasteiger partial charge in [-0.2, -0.15) is 0 Å². The van der Waals surface area contributed by atoms with Crippen LogP contribution >= 0.6 is 0 Å². The summed E-state index contributed by atoms with van der Waals surface area (Å²) in [4.78, 5) is 0. The Balaban J connectivity index is 2.01. The average Bonchev–Trinajstić information content (AvgIpc) is 1.86. The molecule has 9 heavy (non-hydrogen) atoms. The fraction of sp³-hybridized carbons (Fsp3) is 0.750. The van der Waals surface area contributed by atoms with Crippen LogP contribution in [0, 0.1) is 5.92 Å². The summed E-state index contributed by atoms with van der Waals surface area (Å²) in [6.07, 6.45) is 7.05. The minimum absolute atomic E-state index is 0.543. The molecule has 2 aliphatic heterocycles. The van der Waals surface area contributed by atoms with Crippen LogP contribution in [0.4, 0.5) is 0 Å². The first kappa shape index (κ1) is 5.48. The zero-order chi connectivity index (χ0) is 6.27. The van der Waals surface area contributed by atoms with Gasteiger partial charge in [0, 0.05) is 12.3 Å². The predicted octanol–water partition coefficient (Wildman–Crippen LogP) is 1.74. The number of fused-ring (bicyclic) bond motifs is 2. The zero-order valence-corrected chi connectivity index (χ0v) is 5.55. The van der Waals surface area contributed by atoms with Gasteiger partial charge in [-0.05, 0) is 12.8 Å². The molecule has 3 rings (SSSR count). The fourth-order valence-electron chi connectivity index (χ4n) is 1.79. The van der Waals surface area contributed by atoms with Crippen LogP contribution in [0.15, 0.2) is 12.7 Å². The molecule has 0 aromatic carbocycles. The lowest BCUT2D eigenvalue weighted by molar-refractivity contribution is -0.175. The Morgan fingerprint density at radius 2 is 2.22 bits per heavy atom. The van der Waals surface area contributed by atoms with E-state index in [2.05, 4.69) is 6.58 Å². The van der Waals surface area contributed by atoms with Gasteiger partial charge in [0.25, 0.3) is 0 Å². The van der Waals surface area contributed by atoms with Gasteiger partial charge in [0.1, 0.15) is 0 Å². The molecule has 1 aliphatic carbocycles. The van der Waals surface area contributed by atoms with Crippen molar-refractivity contribution in [3.8, 4) is 0 Å². The van der Waals surface area contributed by atoms with Gasteiger partial charge < -0.3 is 4.74 Å². The van der Waals surface area contributed by atoms with E-state index in [4.69, 9.17) is 4.74 Å². The SMILES string of the molecule is C=CC1CCC2CC1O2. The highest BCUT2D eigenvalue weighted by atomic mass is 16.5. The first-order chi connectivity index (χ1) is 4.40. The van der Waals surface area contributed by atoms with Gasteiger partial charge in [-0.15, -0.1) is 6.58 Å². The quantitative estimate of drug-likeness (QED) is 0.484. The predicted molar refractivity (Wildman–Crippen MR) is 36.2 cm³/mol.